The highest BCUT2D eigenvalue weighted by Gasteiger charge is 2.16. The summed E-state index contributed by atoms with van der Waals surface area (Å²) in [4.78, 5) is 4.49. The first-order chi connectivity index (χ1) is 8.88. The summed E-state index contributed by atoms with van der Waals surface area (Å²) in [6, 6.07) is 8.08. The first-order valence-corrected chi connectivity index (χ1v) is 6.13. The molecule has 1 saturated heterocycles. The highest BCUT2D eigenvalue weighted by Crippen LogP contribution is 2.26. The van der Waals surface area contributed by atoms with Gasteiger partial charge in [-0.2, -0.15) is 0 Å². The Labute approximate surface area is 106 Å². The molecule has 18 heavy (non-hydrogen) atoms. The average Bonchev–Trinajstić information content (AvgIpc) is 2.47. The average molecular weight is 244 g/mol. The number of aromatic nitrogens is 1. The Morgan fingerprint density at radius 2 is 2.39 bits per heavy atom. The molecule has 1 fully saturated rings. The Balaban J connectivity index is 2.00. The van der Waals surface area contributed by atoms with E-state index in [4.69, 9.17) is 9.47 Å². The Hall–Kier alpha value is -1.65. The topological polar surface area (TPSA) is 43.4 Å². The van der Waals surface area contributed by atoms with E-state index in [0.29, 0.717) is 0 Å². The van der Waals surface area contributed by atoms with E-state index >= 15 is 0 Å². The van der Waals surface area contributed by atoms with Crippen molar-refractivity contribution < 1.29 is 9.47 Å². The van der Waals surface area contributed by atoms with Crippen LogP contribution in [0.5, 0.6) is 5.75 Å². The van der Waals surface area contributed by atoms with Crippen LogP contribution < -0.4 is 10.1 Å². The Morgan fingerprint density at radius 1 is 1.44 bits per heavy atom. The monoisotopic (exact) mass is 244 g/mol. The maximum Gasteiger partial charge on any atom is 0.145 e. The molecule has 0 radical (unpaired) electrons. The lowest BCUT2D eigenvalue weighted by Gasteiger charge is -2.23. The van der Waals surface area contributed by atoms with Crippen molar-refractivity contribution in [2.24, 2.45) is 0 Å². The van der Waals surface area contributed by atoms with Gasteiger partial charge in [0.1, 0.15) is 11.3 Å². The van der Waals surface area contributed by atoms with Crippen molar-refractivity contribution in [2.45, 2.75) is 6.10 Å². The summed E-state index contributed by atoms with van der Waals surface area (Å²) in [6.45, 7) is 2.52. The third-order valence-corrected chi connectivity index (χ3v) is 3.21. The molecule has 0 bridgehead atoms. The van der Waals surface area contributed by atoms with E-state index in [1.165, 1.54) is 0 Å². The lowest BCUT2D eigenvalue weighted by Crippen LogP contribution is -2.33. The predicted molar refractivity (Wildman–Crippen MR) is 69.9 cm³/mol. The predicted octanol–water partition coefficient (Wildman–Crippen LogP) is 1.90. The number of pyridine rings is 1. The highest BCUT2D eigenvalue weighted by atomic mass is 16.5. The number of fused-ring (bicyclic) bond motifs is 1. The fraction of sp³-hybridized carbons (Fsp3) is 0.357. The fourth-order valence-corrected chi connectivity index (χ4v) is 2.27. The molecule has 1 unspecified atom stereocenters. The van der Waals surface area contributed by atoms with Crippen molar-refractivity contribution in [3.05, 3.63) is 36.0 Å². The van der Waals surface area contributed by atoms with Gasteiger partial charge < -0.3 is 14.8 Å². The third kappa shape index (κ3) is 2.05. The summed E-state index contributed by atoms with van der Waals surface area (Å²) in [6.07, 6.45) is 1.98. The Kier molecular flexibility index (Phi) is 3.13. The number of rotatable bonds is 2. The largest absolute Gasteiger partial charge is 0.494 e. The van der Waals surface area contributed by atoms with Crippen LogP contribution in [0.3, 0.4) is 0 Å². The van der Waals surface area contributed by atoms with Crippen LogP contribution >= 0.6 is 0 Å². The second-order valence-electron chi connectivity index (χ2n) is 4.36. The molecule has 0 spiro atoms. The van der Waals surface area contributed by atoms with Crippen molar-refractivity contribution in [3.63, 3.8) is 0 Å². The standard InChI is InChI=1S/C14H16N2O2/c1-17-12-4-2-3-10-7-11(8-16-14(10)12)13-9-15-5-6-18-13/h2-4,7-8,13,15H,5-6,9H2,1H3. The zero-order valence-electron chi connectivity index (χ0n) is 10.3. The Morgan fingerprint density at radius 3 is 3.17 bits per heavy atom. The van der Waals surface area contributed by atoms with E-state index in [1.54, 1.807) is 7.11 Å². The molecule has 1 aromatic heterocycles. The van der Waals surface area contributed by atoms with E-state index in [-0.39, 0.29) is 6.10 Å². The number of ether oxygens (including phenoxy) is 2. The first-order valence-electron chi connectivity index (χ1n) is 6.13. The maximum atomic E-state index is 5.74. The fourth-order valence-electron chi connectivity index (χ4n) is 2.27. The molecule has 0 aliphatic carbocycles. The molecule has 3 rings (SSSR count). The number of hydrogen-bond donors (Lipinski definition) is 1. The van der Waals surface area contributed by atoms with Crippen LogP contribution in [-0.4, -0.2) is 31.8 Å². The molecule has 94 valence electrons. The van der Waals surface area contributed by atoms with Crippen molar-refractivity contribution in [2.75, 3.05) is 26.8 Å². The number of para-hydroxylation sites is 1. The summed E-state index contributed by atoms with van der Waals surface area (Å²) < 4.78 is 11.0. The first kappa shape index (κ1) is 11.4. The maximum absolute atomic E-state index is 5.74. The number of methoxy groups -OCH3 is 1. The van der Waals surface area contributed by atoms with Crippen LogP contribution in [0.15, 0.2) is 30.5 Å². The van der Waals surface area contributed by atoms with E-state index in [0.717, 1.165) is 41.9 Å². The van der Waals surface area contributed by atoms with Gasteiger partial charge in [-0.3, -0.25) is 4.98 Å². The van der Waals surface area contributed by atoms with Gasteiger partial charge in [-0.05, 0) is 12.1 Å². The van der Waals surface area contributed by atoms with Gasteiger partial charge >= 0.3 is 0 Å². The third-order valence-electron chi connectivity index (χ3n) is 3.21. The quantitative estimate of drug-likeness (QED) is 0.876. The summed E-state index contributed by atoms with van der Waals surface area (Å²) in [5.74, 6) is 0.807. The molecule has 1 aliphatic rings. The number of nitrogens with one attached hydrogen (secondary N) is 1. The molecular formula is C14H16N2O2. The van der Waals surface area contributed by atoms with Crippen molar-refractivity contribution in [1.82, 2.24) is 10.3 Å². The molecule has 2 aromatic rings. The number of benzene rings is 1. The SMILES string of the molecule is COc1cccc2cc(C3CNCCO3)cnc12. The summed E-state index contributed by atoms with van der Waals surface area (Å²) in [5.41, 5.74) is 2.01. The van der Waals surface area contributed by atoms with Gasteiger partial charge in [-0.25, -0.2) is 0 Å². The second-order valence-corrected chi connectivity index (χ2v) is 4.36. The summed E-state index contributed by atoms with van der Waals surface area (Å²) >= 11 is 0. The van der Waals surface area contributed by atoms with E-state index < -0.39 is 0 Å². The van der Waals surface area contributed by atoms with Crippen molar-refractivity contribution in [1.29, 1.82) is 0 Å². The van der Waals surface area contributed by atoms with Gasteiger partial charge in [-0.1, -0.05) is 12.1 Å². The number of nitrogens with zero attached hydrogens (tertiary/aromatic N) is 1. The van der Waals surface area contributed by atoms with Crippen LogP contribution in [0, 0.1) is 0 Å². The highest BCUT2D eigenvalue weighted by molar-refractivity contribution is 5.84. The van der Waals surface area contributed by atoms with Crippen LogP contribution in [0.25, 0.3) is 10.9 Å². The van der Waals surface area contributed by atoms with Gasteiger partial charge in [0.15, 0.2) is 0 Å². The molecule has 0 saturated carbocycles. The van der Waals surface area contributed by atoms with E-state index in [2.05, 4.69) is 16.4 Å². The molecule has 2 heterocycles. The minimum absolute atomic E-state index is 0.0989. The van der Waals surface area contributed by atoms with Crippen LogP contribution in [0.1, 0.15) is 11.7 Å². The van der Waals surface area contributed by atoms with Crippen LogP contribution in [0.4, 0.5) is 0 Å². The zero-order valence-corrected chi connectivity index (χ0v) is 10.3. The van der Waals surface area contributed by atoms with Crippen molar-refractivity contribution in [3.8, 4) is 5.75 Å². The molecule has 1 atom stereocenters. The summed E-state index contributed by atoms with van der Waals surface area (Å²) in [7, 11) is 1.67. The molecular weight excluding hydrogens is 228 g/mol. The minimum Gasteiger partial charge on any atom is -0.494 e. The molecule has 1 aromatic carbocycles. The molecule has 0 amide bonds. The number of morpholine rings is 1. The van der Waals surface area contributed by atoms with E-state index in [9.17, 15) is 0 Å². The second kappa shape index (κ2) is 4.92. The smallest absolute Gasteiger partial charge is 0.145 e. The zero-order chi connectivity index (χ0) is 12.4. The molecule has 4 nitrogen and oxygen atoms in total. The number of hydrogen-bond acceptors (Lipinski definition) is 4. The lowest BCUT2D eigenvalue weighted by atomic mass is 10.1. The molecule has 4 heteroatoms. The molecule has 1 aliphatic heterocycles. The minimum atomic E-state index is 0.0989. The van der Waals surface area contributed by atoms with Gasteiger partial charge in [0, 0.05) is 30.2 Å². The normalized spacial score (nSPS) is 19.9. The Bertz CT molecular complexity index is 550. The molecule has 1 N–H and O–H groups in total. The summed E-state index contributed by atoms with van der Waals surface area (Å²) in [5, 5.41) is 4.41. The van der Waals surface area contributed by atoms with E-state index in [1.807, 2.05) is 24.4 Å². The van der Waals surface area contributed by atoms with Gasteiger partial charge in [-0.15, -0.1) is 0 Å². The van der Waals surface area contributed by atoms with Gasteiger partial charge in [0.05, 0.1) is 19.8 Å². The van der Waals surface area contributed by atoms with Crippen molar-refractivity contribution >= 4 is 10.9 Å². The van der Waals surface area contributed by atoms with Crippen LogP contribution in [0.2, 0.25) is 0 Å². The van der Waals surface area contributed by atoms with Gasteiger partial charge in [0.2, 0.25) is 0 Å². The van der Waals surface area contributed by atoms with Gasteiger partial charge in [0.25, 0.3) is 0 Å². The van der Waals surface area contributed by atoms with Crippen LogP contribution in [-0.2, 0) is 4.74 Å². The lowest BCUT2D eigenvalue weighted by molar-refractivity contribution is 0.0276.